The van der Waals surface area contributed by atoms with E-state index in [2.05, 4.69) is 4.99 Å². The Morgan fingerprint density at radius 1 is 1.16 bits per heavy atom. The Kier molecular flexibility index (Phi) is 4.81. The second-order valence-corrected chi connectivity index (χ2v) is 6.61. The standard InChI is InChI=1S/C19H18N2O3S/c1-3-21-18(24)17(11-13-6-4-5-7-15(13)22)25-19(21)20-14-9-8-12(2)10-16(14)23/h4-11,22-23H,3H2,1-2H3/b17-11-,20-19?. The van der Waals surface area contributed by atoms with Gasteiger partial charge in [-0.2, -0.15) is 0 Å². The normalized spacial score (nSPS) is 17.7. The number of carbonyl (C=O) groups excluding carboxylic acids is 1. The van der Waals surface area contributed by atoms with Crippen molar-refractivity contribution in [2.75, 3.05) is 6.54 Å². The average molecular weight is 354 g/mol. The minimum Gasteiger partial charge on any atom is -0.507 e. The third-order valence-corrected chi connectivity index (χ3v) is 4.78. The number of hydrogen-bond donors (Lipinski definition) is 2. The number of benzene rings is 2. The van der Waals surface area contributed by atoms with E-state index in [-0.39, 0.29) is 17.4 Å². The molecule has 1 aliphatic heterocycles. The molecule has 128 valence electrons. The van der Waals surface area contributed by atoms with Crippen molar-refractivity contribution in [3.05, 3.63) is 58.5 Å². The highest BCUT2D eigenvalue weighted by atomic mass is 32.2. The SMILES string of the molecule is CCN1C(=O)/C(=C/c2ccccc2O)SC1=Nc1ccc(C)cc1O. The van der Waals surface area contributed by atoms with Crippen molar-refractivity contribution >= 4 is 34.6 Å². The number of nitrogens with zero attached hydrogens (tertiary/aromatic N) is 2. The molecular formula is C19H18N2O3S. The summed E-state index contributed by atoms with van der Waals surface area (Å²) < 4.78 is 0. The molecule has 1 heterocycles. The van der Waals surface area contributed by atoms with Crippen molar-refractivity contribution in [3.63, 3.8) is 0 Å². The topological polar surface area (TPSA) is 73.1 Å². The second-order valence-electron chi connectivity index (χ2n) is 5.61. The summed E-state index contributed by atoms with van der Waals surface area (Å²) >= 11 is 1.23. The summed E-state index contributed by atoms with van der Waals surface area (Å²) in [5, 5.41) is 20.5. The predicted molar refractivity (Wildman–Crippen MR) is 101 cm³/mol. The van der Waals surface area contributed by atoms with Gasteiger partial charge < -0.3 is 10.2 Å². The fraction of sp³-hybridized carbons (Fsp3) is 0.158. The van der Waals surface area contributed by atoms with E-state index in [0.717, 1.165) is 5.56 Å². The van der Waals surface area contributed by atoms with Crippen LogP contribution < -0.4 is 0 Å². The number of amidine groups is 1. The monoisotopic (exact) mass is 354 g/mol. The molecule has 0 radical (unpaired) electrons. The van der Waals surface area contributed by atoms with E-state index < -0.39 is 0 Å². The van der Waals surface area contributed by atoms with Crippen LogP contribution in [0.15, 0.2) is 52.4 Å². The van der Waals surface area contributed by atoms with E-state index in [4.69, 9.17) is 0 Å². The third-order valence-electron chi connectivity index (χ3n) is 3.77. The van der Waals surface area contributed by atoms with Crippen LogP contribution in [0.25, 0.3) is 6.08 Å². The molecule has 0 aliphatic carbocycles. The lowest BCUT2D eigenvalue weighted by Gasteiger charge is -2.12. The van der Waals surface area contributed by atoms with Gasteiger partial charge in [0, 0.05) is 12.1 Å². The molecule has 3 rings (SSSR count). The van der Waals surface area contributed by atoms with E-state index in [1.807, 2.05) is 19.9 Å². The van der Waals surface area contributed by atoms with Crippen LogP contribution in [0.3, 0.4) is 0 Å². The van der Waals surface area contributed by atoms with Crippen molar-refractivity contribution < 1.29 is 15.0 Å². The van der Waals surface area contributed by atoms with Gasteiger partial charge in [-0.1, -0.05) is 24.3 Å². The van der Waals surface area contributed by atoms with Crippen LogP contribution in [0.2, 0.25) is 0 Å². The van der Waals surface area contributed by atoms with Crippen molar-refractivity contribution in [1.82, 2.24) is 4.90 Å². The average Bonchev–Trinajstić information content (AvgIpc) is 2.87. The molecule has 0 atom stereocenters. The molecule has 1 saturated heterocycles. The molecular weight excluding hydrogens is 336 g/mol. The first kappa shape index (κ1) is 17.1. The summed E-state index contributed by atoms with van der Waals surface area (Å²) in [7, 11) is 0. The number of aliphatic imine (C=N–C) groups is 1. The lowest BCUT2D eigenvalue weighted by molar-refractivity contribution is -0.122. The molecule has 25 heavy (non-hydrogen) atoms. The molecule has 6 heteroatoms. The van der Waals surface area contributed by atoms with Crippen LogP contribution in [0.1, 0.15) is 18.1 Å². The molecule has 0 unspecified atom stereocenters. The van der Waals surface area contributed by atoms with Crippen LogP contribution in [-0.2, 0) is 4.79 Å². The molecule has 2 aromatic rings. The second kappa shape index (κ2) is 7.03. The van der Waals surface area contributed by atoms with E-state index >= 15 is 0 Å². The summed E-state index contributed by atoms with van der Waals surface area (Å²) in [5.41, 5.74) is 1.93. The molecule has 5 nitrogen and oxygen atoms in total. The number of phenols is 2. The number of rotatable bonds is 3. The van der Waals surface area contributed by atoms with E-state index in [0.29, 0.717) is 27.9 Å². The smallest absolute Gasteiger partial charge is 0.266 e. The zero-order valence-corrected chi connectivity index (χ0v) is 14.7. The number of thioether (sulfide) groups is 1. The van der Waals surface area contributed by atoms with Crippen molar-refractivity contribution in [1.29, 1.82) is 0 Å². The number of carbonyl (C=O) groups is 1. The Labute approximate surface area is 150 Å². The van der Waals surface area contributed by atoms with Gasteiger partial charge in [0.2, 0.25) is 0 Å². The quantitative estimate of drug-likeness (QED) is 0.816. The summed E-state index contributed by atoms with van der Waals surface area (Å²) in [6.07, 6.45) is 1.66. The molecule has 1 fully saturated rings. The van der Waals surface area contributed by atoms with Gasteiger partial charge in [0.25, 0.3) is 5.91 Å². The van der Waals surface area contributed by atoms with Crippen molar-refractivity contribution in [2.24, 2.45) is 4.99 Å². The molecule has 0 spiro atoms. The van der Waals surface area contributed by atoms with E-state index in [1.54, 1.807) is 47.4 Å². The maximum absolute atomic E-state index is 12.6. The van der Waals surface area contributed by atoms with Crippen LogP contribution in [-0.4, -0.2) is 32.7 Å². The Bertz CT molecular complexity index is 890. The van der Waals surface area contributed by atoms with Gasteiger partial charge in [0.1, 0.15) is 17.2 Å². The van der Waals surface area contributed by atoms with Gasteiger partial charge in [-0.3, -0.25) is 9.69 Å². The van der Waals surface area contributed by atoms with E-state index in [1.165, 1.54) is 11.8 Å². The lowest BCUT2D eigenvalue weighted by Crippen LogP contribution is -2.28. The number of para-hydroxylation sites is 1. The maximum atomic E-state index is 12.6. The summed E-state index contributed by atoms with van der Waals surface area (Å²) in [6, 6.07) is 12.1. The minimum absolute atomic E-state index is 0.0785. The molecule has 1 aliphatic rings. The number of aryl methyl sites for hydroxylation is 1. The van der Waals surface area contributed by atoms with Gasteiger partial charge in [-0.05, 0) is 55.4 Å². The number of aromatic hydroxyl groups is 2. The first-order chi connectivity index (χ1) is 12.0. The number of phenolic OH excluding ortho intramolecular Hbond substituents is 2. The van der Waals surface area contributed by atoms with Gasteiger partial charge in [0.15, 0.2) is 5.17 Å². The van der Waals surface area contributed by atoms with Gasteiger partial charge in [-0.15, -0.1) is 0 Å². The fourth-order valence-electron chi connectivity index (χ4n) is 2.45. The lowest BCUT2D eigenvalue weighted by atomic mass is 10.2. The zero-order valence-electron chi connectivity index (χ0n) is 13.9. The van der Waals surface area contributed by atoms with Gasteiger partial charge in [-0.25, -0.2) is 4.99 Å². The van der Waals surface area contributed by atoms with Gasteiger partial charge in [0.05, 0.1) is 4.91 Å². The molecule has 2 aromatic carbocycles. The van der Waals surface area contributed by atoms with Gasteiger partial charge >= 0.3 is 0 Å². The summed E-state index contributed by atoms with van der Waals surface area (Å²) in [6.45, 7) is 4.22. The van der Waals surface area contributed by atoms with Crippen LogP contribution in [0.4, 0.5) is 5.69 Å². The molecule has 0 saturated carbocycles. The van der Waals surface area contributed by atoms with E-state index in [9.17, 15) is 15.0 Å². The highest BCUT2D eigenvalue weighted by Gasteiger charge is 2.32. The number of likely N-dealkylation sites (N-methyl/N-ethyl adjacent to an activating group) is 1. The first-order valence-electron chi connectivity index (χ1n) is 7.87. The predicted octanol–water partition coefficient (Wildman–Crippen LogP) is 4.03. The van der Waals surface area contributed by atoms with Crippen LogP contribution in [0, 0.1) is 6.92 Å². The summed E-state index contributed by atoms with van der Waals surface area (Å²) in [5.74, 6) is 0.0313. The fourth-order valence-corrected chi connectivity index (χ4v) is 3.50. The minimum atomic E-state index is -0.166. The highest BCUT2D eigenvalue weighted by Crippen LogP contribution is 2.37. The molecule has 2 N–H and O–H groups in total. The molecule has 0 aromatic heterocycles. The third kappa shape index (κ3) is 3.53. The van der Waals surface area contributed by atoms with Crippen LogP contribution >= 0.6 is 11.8 Å². The zero-order chi connectivity index (χ0) is 18.0. The maximum Gasteiger partial charge on any atom is 0.266 e. The number of amides is 1. The van der Waals surface area contributed by atoms with Crippen LogP contribution in [0.5, 0.6) is 11.5 Å². The molecule has 0 bridgehead atoms. The number of hydrogen-bond acceptors (Lipinski definition) is 5. The largest absolute Gasteiger partial charge is 0.507 e. The summed E-state index contributed by atoms with van der Waals surface area (Å²) in [4.78, 5) is 19.1. The van der Waals surface area contributed by atoms with Crippen molar-refractivity contribution in [2.45, 2.75) is 13.8 Å². The molecule has 1 amide bonds. The Morgan fingerprint density at radius 2 is 1.92 bits per heavy atom. The van der Waals surface area contributed by atoms with Crippen molar-refractivity contribution in [3.8, 4) is 11.5 Å². The Balaban J connectivity index is 1.98. The first-order valence-corrected chi connectivity index (χ1v) is 8.69. The Morgan fingerprint density at radius 3 is 2.60 bits per heavy atom. The Hall–Kier alpha value is -2.73. The highest BCUT2D eigenvalue weighted by molar-refractivity contribution is 8.18.